The van der Waals surface area contributed by atoms with E-state index in [0.717, 1.165) is 28.8 Å². The predicted octanol–water partition coefficient (Wildman–Crippen LogP) is 3.62. The molecule has 1 N–H and O–H groups in total. The molecule has 0 aliphatic carbocycles. The Morgan fingerprint density at radius 3 is 2.46 bits per heavy atom. The SMILES string of the molecule is O=C(NCc1cccc(Br)c1)N1CCN(c2ccc(F)cc2)CC1. The topological polar surface area (TPSA) is 35.6 Å². The Hall–Kier alpha value is -2.08. The van der Waals surface area contributed by atoms with Crippen LogP contribution >= 0.6 is 15.9 Å². The zero-order valence-corrected chi connectivity index (χ0v) is 14.8. The number of rotatable bonds is 3. The smallest absolute Gasteiger partial charge is 0.317 e. The van der Waals surface area contributed by atoms with Crippen molar-refractivity contribution in [3.05, 3.63) is 64.4 Å². The Balaban J connectivity index is 1.49. The average molecular weight is 392 g/mol. The quantitative estimate of drug-likeness (QED) is 0.866. The molecule has 0 atom stereocenters. The van der Waals surface area contributed by atoms with Gasteiger partial charge in [-0.1, -0.05) is 28.1 Å². The third-order valence-electron chi connectivity index (χ3n) is 4.09. The summed E-state index contributed by atoms with van der Waals surface area (Å²) in [5.74, 6) is -0.232. The van der Waals surface area contributed by atoms with Crippen molar-refractivity contribution in [1.82, 2.24) is 10.2 Å². The molecule has 6 heteroatoms. The Morgan fingerprint density at radius 1 is 1.08 bits per heavy atom. The largest absolute Gasteiger partial charge is 0.368 e. The molecule has 1 saturated heterocycles. The number of nitrogens with zero attached hydrogens (tertiary/aromatic N) is 2. The van der Waals surface area contributed by atoms with E-state index < -0.39 is 0 Å². The van der Waals surface area contributed by atoms with E-state index in [1.54, 1.807) is 12.1 Å². The van der Waals surface area contributed by atoms with Crippen LogP contribution in [0.3, 0.4) is 0 Å². The first kappa shape index (κ1) is 16.8. The molecule has 1 heterocycles. The molecule has 0 bridgehead atoms. The van der Waals surface area contributed by atoms with Gasteiger partial charge in [-0.3, -0.25) is 0 Å². The number of urea groups is 1. The lowest BCUT2D eigenvalue weighted by Gasteiger charge is -2.36. The molecule has 1 aliphatic rings. The van der Waals surface area contributed by atoms with E-state index in [9.17, 15) is 9.18 Å². The van der Waals surface area contributed by atoms with Crippen LogP contribution in [0.25, 0.3) is 0 Å². The Labute approximate surface area is 149 Å². The first-order chi connectivity index (χ1) is 11.6. The number of nitrogens with one attached hydrogen (secondary N) is 1. The number of benzene rings is 2. The minimum Gasteiger partial charge on any atom is -0.368 e. The molecule has 0 aromatic heterocycles. The number of carbonyl (C=O) groups is 1. The van der Waals surface area contributed by atoms with Crippen molar-refractivity contribution >= 4 is 27.6 Å². The molecule has 1 aliphatic heterocycles. The van der Waals surface area contributed by atoms with E-state index in [0.29, 0.717) is 19.6 Å². The third kappa shape index (κ3) is 4.26. The van der Waals surface area contributed by atoms with Crippen LogP contribution in [0.2, 0.25) is 0 Å². The van der Waals surface area contributed by atoms with E-state index in [4.69, 9.17) is 0 Å². The number of carbonyl (C=O) groups excluding carboxylic acids is 1. The van der Waals surface area contributed by atoms with Crippen LogP contribution in [0, 0.1) is 5.82 Å². The fraction of sp³-hybridized carbons (Fsp3) is 0.278. The minimum absolute atomic E-state index is 0.0475. The van der Waals surface area contributed by atoms with Gasteiger partial charge in [0.25, 0.3) is 0 Å². The lowest BCUT2D eigenvalue weighted by molar-refractivity contribution is 0.194. The van der Waals surface area contributed by atoms with Gasteiger partial charge in [-0.15, -0.1) is 0 Å². The first-order valence-electron chi connectivity index (χ1n) is 7.89. The van der Waals surface area contributed by atoms with Gasteiger partial charge in [0.2, 0.25) is 0 Å². The molecule has 0 spiro atoms. The van der Waals surface area contributed by atoms with E-state index in [1.807, 2.05) is 29.2 Å². The fourth-order valence-corrected chi connectivity index (χ4v) is 3.20. The van der Waals surface area contributed by atoms with Crippen LogP contribution in [-0.4, -0.2) is 37.1 Å². The molecular formula is C18H19BrFN3O. The molecular weight excluding hydrogens is 373 g/mol. The highest BCUT2D eigenvalue weighted by molar-refractivity contribution is 9.10. The predicted molar refractivity (Wildman–Crippen MR) is 96.6 cm³/mol. The Bertz CT molecular complexity index is 700. The van der Waals surface area contributed by atoms with Gasteiger partial charge in [0, 0.05) is 42.9 Å². The van der Waals surface area contributed by atoms with Crippen molar-refractivity contribution in [3.63, 3.8) is 0 Å². The van der Waals surface area contributed by atoms with E-state index >= 15 is 0 Å². The molecule has 0 saturated carbocycles. The Morgan fingerprint density at radius 2 is 1.79 bits per heavy atom. The van der Waals surface area contributed by atoms with Gasteiger partial charge >= 0.3 is 6.03 Å². The standard InChI is InChI=1S/C18H19BrFN3O/c19-15-3-1-2-14(12-15)13-21-18(24)23-10-8-22(9-11-23)17-6-4-16(20)5-7-17/h1-7,12H,8-11,13H2,(H,21,24). The number of halogens is 2. The highest BCUT2D eigenvalue weighted by Crippen LogP contribution is 2.17. The van der Waals surface area contributed by atoms with Crippen molar-refractivity contribution in [2.24, 2.45) is 0 Å². The summed E-state index contributed by atoms with van der Waals surface area (Å²) >= 11 is 3.43. The van der Waals surface area contributed by atoms with Crippen molar-refractivity contribution in [3.8, 4) is 0 Å². The summed E-state index contributed by atoms with van der Waals surface area (Å²) in [5, 5.41) is 2.96. The number of hydrogen-bond acceptors (Lipinski definition) is 2. The Kier molecular flexibility index (Phi) is 5.35. The lowest BCUT2D eigenvalue weighted by Crippen LogP contribution is -2.51. The summed E-state index contributed by atoms with van der Waals surface area (Å²) in [7, 11) is 0. The van der Waals surface area contributed by atoms with Crippen LogP contribution in [0.15, 0.2) is 53.0 Å². The van der Waals surface area contributed by atoms with E-state index in [-0.39, 0.29) is 11.8 Å². The molecule has 0 radical (unpaired) electrons. The van der Waals surface area contributed by atoms with Crippen molar-refractivity contribution in [2.45, 2.75) is 6.54 Å². The molecule has 2 aromatic rings. The van der Waals surface area contributed by atoms with Crippen LogP contribution < -0.4 is 10.2 Å². The number of piperazine rings is 1. The summed E-state index contributed by atoms with van der Waals surface area (Å²) in [5.41, 5.74) is 2.05. The maximum Gasteiger partial charge on any atom is 0.317 e. The highest BCUT2D eigenvalue weighted by Gasteiger charge is 2.21. The monoisotopic (exact) mass is 391 g/mol. The summed E-state index contributed by atoms with van der Waals surface area (Å²) < 4.78 is 14.0. The van der Waals surface area contributed by atoms with Crippen LogP contribution in [0.1, 0.15) is 5.56 Å². The highest BCUT2D eigenvalue weighted by atomic mass is 79.9. The molecule has 126 valence electrons. The van der Waals surface area contributed by atoms with Crippen molar-refractivity contribution in [2.75, 3.05) is 31.1 Å². The van der Waals surface area contributed by atoms with Crippen molar-refractivity contribution < 1.29 is 9.18 Å². The second-order valence-electron chi connectivity index (χ2n) is 5.74. The van der Waals surface area contributed by atoms with Crippen molar-refractivity contribution in [1.29, 1.82) is 0 Å². The third-order valence-corrected chi connectivity index (χ3v) is 4.58. The summed E-state index contributed by atoms with van der Waals surface area (Å²) in [4.78, 5) is 16.3. The lowest BCUT2D eigenvalue weighted by atomic mass is 10.2. The molecule has 1 fully saturated rings. The molecule has 24 heavy (non-hydrogen) atoms. The van der Waals surface area contributed by atoms with E-state index in [1.165, 1.54) is 12.1 Å². The van der Waals surface area contributed by atoms with Gasteiger partial charge in [0.1, 0.15) is 5.82 Å². The molecule has 0 unspecified atom stereocenters. The zero-order chi connectivity index (χ0) is 16.9. The van der Waals surface area contributed by atoms with Gasteiger partial charge in [-0.25, -0.2) is 9.18 Å². The normalized spacial score (nSPS) is 14.6. The number of hydrogen-bond donors (Lipinski definition) is 1. The van der Waals surface area contributed by atoms with Gasteiger partial charge in [-0.05, 0) is 42.0 Å². The van der Waals surface area contributed by atoms with E-state index in [2.05, 4.69) is 26.1 Å². The molecule has 4 nitrogen and oxygen atoms in total. The average Bonchev–Trinajstić information content (AvgIpc) is 2.61. The minimum atomic E-state index is -0.232. The number of amides is 2. The molecule has 2 aromatic carbocycles. The maximum absolute atomic E-state index is 13.0. The van der Waals surface area contributed by atoms with Crippen LogP contribution in [0.4, 0.5) is 14.9 Å². The van der Waals surface area contributed by atoms with Crippen LogP contribution in [0.5, 0.6) is 0 Å². The summed E-state index contributed by atoms with van der Waals surface area (Å²) in [6.45, 7) is 3.31. The van der Waals surface area contributed by atoms with Gasteiger partial charge in [0.05, 0.1) is 0 Å². The molecule has 2 amide bonds. The first-order valence-corrected chi connectivity index (χ1v) is 8.69. The second-order valence-corrected chi connectivity index (χ2v) is 6.65. The van der Waals surface area contributed by atoms with Gasteiger partial charge in [0.15, 0.2) is 0 Å². The van der Waals surface area contributed by atoms with Gasteiger partial charge in [-0.2, -0.15) is 0 Å². The second kappa shape index (κ2) is 7.66. The summed E-state index contributed by atoms with van der Waals surface area (Å²) in [6.07, 6.45) is 0. The summed E-state index contributed by atoms with van der Waals surface area (Å²) in [6, 6.07) is 14.3. The zero-order valence-electron chi connectivity index (χ0n) is 13.2. The fourth-order valence-electron chi connectivity index (χ4n) is 2.76. The maximum atomic E-state index is 13.0. The van der Waals surface area contributed by atoms with Crippen LogP contribution in [-0.2, 0) is 6.54 Å². The number of anilines is 1. The molecule has 3 rings (SSSR count). The van der Waals surface area contributed by atoms with Gasteiger partial charge < -0.3 is 15.1 Å².